The first-order valence-corrected chi connectivity index (χ1v) is 15.5. The van der Waals surface area contributed by atoms with Crippen molar-refractivity contribution in [3.05, 3.63) is 47.5 Å². The van der Waals surface area contributed by atoms with Crippen LogP contribution in [0.5, 0.6) is 0 Å². The van der Waals surface area contributed by atoms with Gasteiger partial charge in [-0.05, 0) is 123 Å². The van der Waals surface area contributed by atoms with Crippen LogP contribution in [0.1, 0.15) is 140 Å². The molecule has 0 heterocycles. The second kappa shape index (κ2) is 14.3. The summed E-state index contributed by atoms with van der Waals surface area (Å²) in [6, 6.07) is 9.16. The minimum Gasteiger partial charge on any atom is -0.0730 e. The van der Waals surface area contributed by atoms with E-state index in [0.717, 1.165) is 41.1 Å². The fourth-order valence-electron chi connectivity index (χ4n) is 7.49. The molecule has 4 rings (SSSR count). The van der Waals surface area contributed by atoms with E-state index in [2.05, 4.69) is 62.1 Å². The molecule has 1 aromatic rings. The molecule has 3 aliphatic carbocycles. The van der Waals surface area contributed by atoms with Crippen molar-refractivity contribution < 1.29 is 0 Å². The number of unbranched alkanes of at least 4 members (excludes halogenated alkanes) is 2. The maximum atomic E-state index is 3.38. The molecule has 3 saturated carbocycles. The second-order valence-electron chi connectivity index (χ2n) is 12.3. The molecule has 0 N–H and O–H groups in total. The predicted molar refractivity (Wildman–Crippen MR) is 152 cm³/mol. The molecule has 0 saturated heterocycles. The molecule has 0 aliphatic heterocycles. The van der Waals surface area contributed by atoms with Crippen LogP contribution in [0.4, 0.5) is 0 Å². The molecule has 0 amide bonds. The van der Waals surface area contributed by atoms with Gasteiger partial charge in [0.2, 0.25) is 0 Å². The van der Waals surface area contributed by atoms with E-state index in [1.54, 1.807) is 0 Å². The highest BCUT2D eigenvalue weighted by Gasteiger charge is 2.30. The number of allylic oxidation sites excluding steroid dienone is 2. The van der Waals surface area contributed by atoms with Gasteiger partial charge in [-0.2, -0.15) is 0 Å². The van der Waals surface area contributed by atoms with E-state index in [1.807, 2.05) is 0 Å². The summed E-state index contributed by atoms with van der Waals surface area (Å²) < 4.78 is 0. The molecule has 0 spiro atoms. The molecule has 0 bridgehead atoms. The molecule has 3 aliphatic rings. The van der Waals surface area contributed by atoms with E-state index in [4.69, 9.17) is 0 Å². The van der Waals surface area contributed by atoms with Gasteiger partial charge in [-0.1, -0.05) is 88.8 Å². The number of benzene rings is 1. The van der Waals surface area contributed by atoms with Gasteiger partial charge < -0.3 is 0 Å². The van der Waals surface area contributed by atoms with Crippen molar-refractivity contribution in [2.75, 3.05) is 0 Å². The zero-order valence-corrected chi connectivity index (χ0v) is 22.9. The van der Waals surface area contributed by atoms with Crippen molar-refractivity contribution in [2.24, 2.45) is 29.6 Å². The lowest BCUT2D eigenvalue weighted by Gasteiger charge is -2.37. The van der Waals surface area contributed by atoms with E-state index in [-0.39, 0.29) is 0 Å². The van der Waals surface area contributed by atoms with Crippen molar-refractivity contribution in [1.29, 1.82) is 0 Å². The Bertz CT molecular complexity index is 794. The number of rotatable bonds is 8. The van der Waals surface area contributed by atoms with Crippen LogP contribution >= 0.6 is 0 Å². The molecule has 3 fully saturated rings. The number of hydrogen-bond acceptors (Lipinski definition) is 0. The van der Waals surface area contributed by atoms with Crippen LogP contribution in [0.25, 0.3) is 0 Å². The van der Waals surface area contributed by atoms with E-state index in [0.29, 0.717) is 0 Å². The molecule has 0 aromatic heterocycles. The highest BCUT2D eigenvalue weighted by molar-refractivity contribution is 5.39. The normalized spacial score (nSPS) is 31.7. The third kappa shape index (κ3) is 8.27. The summed E-state index contributed by atoms with van der Waals surface area (Å²) in [5.41, 5.74) is 2.69. The maximum absolute atomic E-state index is 3.38. The Labute approximate surface area is 217 Å². The molecule has 192 valence electrons. The van der Waals surface area contributed by atoms with Gasteiger partial charge in [0, 0.05) is 5.56 Å². The molecule has 1 aromatic carbocycles. The molecule has 35 heavy (non-hydrogen) atoms. The zero-order chi connectivity index (χ0) is 24.3. The predicted octanol–water partition coefficient (Wildman–Crippen LogP) is 10.5. The summed E-state index contributed by atoms with van der Waals surface area (Å²) in [5.74, 6) is 12.3. The first-order chi connectivity index (χ1) is 17.2. The highest BCUT2D eigenvalue weighted by atomic mass is 14.4. The molecular weight excluding hydrogens is 420 g/mol. The van der Waals surface area contributed by atoms with Crippen LogP contribution in [0.2, 0.25) is 0 Å². The van der Waals surface area contributed by atoms with Crippen LogP contribution < -0.4 is 0 Å². The first kappa shape index (κ1) is 26.6. The molecule has 0 nitrogen and oxygen atoms in total. The molecule has 0 atom stereocenters. The van der Waals surface area contributed by atoms with Crippen molar-refractivity contribution in [1.82, 2.24) is 0 Å². The lowest BCUT2D eigenvalue weighted by atomic mass is 9.68. The van der Waals surface area contributed by atoms with Crippen molar-refractivity contribution in [3.63, 3.8) is 0 Å². The van der Waals surface area contributed by atoms with Gasteiger partial charge in [-0.3, -0.25) is 0 Å². The Hall–Kier alpha value is -1.48. The Morgan fingerprint density at radius 1 is 0.714 bits per heavy atom. The summed E-state index contributed by atoms with van der Waals surface area (Å²) in [6.45, 7) is 4.67. The average Bonchev–Trinajstić information content (AvgIpc) is 2.92. The van der Waals surface area contributed by atoms with Crippen molar-refractivity contribution in [3.8, 4) is 11.8 Å². The van der Waals surface area contributed by atoms with E-state index < -0.39 is 0 Å². The highest BCUT2D eigenvalue weighted by Crippen LogP contribution is 2.42. The van der Waals surface area contributed by atoms with Gasteiger partial charge >= 0.3 is 0 Å². The Balaban J connectivity index is 1.15. The van der Waals surface area contributed by atoms with Gasteiger partial charge in [-0.25, -0.2) is 0 Å². The molecule has 0 heteroatoms. The van der Waals surface area contributed by atoms with E-state index in [1.165, 1.54) is 115 Å². The Kier molecular flexibility index (Phi) is 10.9. The minimum absolute atomic E-state index is 0.756. The minimum atomic E-state index is 0.756. The monoisotopic (exact) mass is 472 g/mol. The third-order valence-corrected chi connectivity index (χ3v) is 10.1. The first-order valence-electron chi connectivity index (χ1n) is 15.5. The van der Waals surface area contributed by atoms with E-state index >= 15 is 0 Å². The van der Waals surface area contributed by atoms with Crippen LogP contribution in [0.3, 0.4) is 0 Å². The van der Waals surface area contributed by atoms with Gasteiger partial charge in [0.05, 0.1) is 0 Å². The summed E-state index contributed by atoms with van der Waals surface area (Å²) in [7, 11) is 0. The Morgan fingerprint density at radius 3 is 1.97 bits per heavy atom. The summed E-state index contributed by atoms with van der Waals surface area (Å²) in [6.07, 6.45) is 29.0. The molecule has 0 radical (unpaired) electrons. The van der Waals surface area contributed by atoms with Gasteiger partial charge in [0.25, 0.3) is 0 Å². The van der Waals surface area contributed by atoms with Crippen LogP contribution in [-0.4, -0.2) is 0 Å². The SMILES string of the molecule is CCCCCC1CCC(C2CCC(/C=C/C#Cc3ccc(C4CCC(CC)CC4)cc3)CC2)CC1. The van der Waals surface area contributed by atoms with E-state index in [9.17, 15) is 0 Å². The summed E-state index contributed by atoms with van der Waals surface area (Å²) in [5, 5.41) is 0. The van der Waals surface area contributed by atoms with Crippen molar-refractivity contribution in [2.45, 2.75) is 129 Å². The lowest BCUT2D eigenvalue weighted by Crippen LogP contribution is -2.25. The van der Waals surface area contributed by atoms with Crippen LogP contribution in [-0.2, 0) is 0 Å². The van der Waals surface area contributed by atoms with Gasteiger partial charge in [0.1, 0.15) is 0 Å². The largest absolute Gasteiger partial charge is 0.0730 e. The Morgan fingerprint density at radius 2 is 1.34 bits per heavy atom. The fraction of sp³-hybridized carbons (Fsp3) is 0.714. The summed E-state index contributed by atoms with van der Waals surface area (Å²) >= 11 is 0. The van der Waals surface area contributed by atoms with Crippen LogP contribution in [0.15, 0.2) is 36.4 Å². The van der Waals surface area contributed by atoms with Crippen molar-refractivity contribution >= 4 is 0 Å². The fourth-order valence-corrected chi connectivity index (χ4v) is 7.49. The smallest absolute Gasteiger partial charge is 0.0249 e. The topological polar surface area (TPSA) is 0 Å². The third-order valence-electron chi connectivity index (χ3n) is 10.1. The zero-order valence-electron chi connectivity index (χ0n) is 22.9. The standard InChI is InChI=1S/C35H52/c1-3-5-6-9-29-14-22-34(23-15-29)35-26-18-31(19-27-35)11-8-7-10-30-16-24-33(25-17-30)32-20-12-28(4-2)13-21-32/h8,11,16-17,24-25,28-29,31-32,34-35H,3-6,9,12-15,18-23,26-27H2,1-2H3/b11-8+. The van der Waals surface area contributed by atoms with Crippen LogP contribution in [0, 0.1) is 41.4 Å². The lowest BCUT2D eigenvalue weighted by molar-refractivity contribution is 0.151. The second-order valence-corrected chi connectivity index (χ2v) is 12.3. The molecular formula is C35H52. The number of hydrogen-bond donors (Lipinski definition) is 0. The van der Waals surface area contributed by atoms with Gasteiger partial charge in [0.15, 0.2) is 0 Å². The maximum Gasteiger partial charge on any atom is 0.0249 e. The molecule has 0 unspecified atom stereocenters. The average molecular weight is 473 g/mol. The van der Waals surface area contributed by atoms with Gasteiger partial charge in [-0.15, -0.1) is 0 Å². The quantitative estimate of drug-likeness (QED) is 0.261. The summed E-state index contributed by atoms with van der Waals surface area (Å²) in [4.78, 5) is 0.